The number of hydrogen-bond donors (Lipinski definition) is 0. The molecule has 0 aromatic heterocycles. The monoisotopic (exact) mass is 382 g/mol. The van der Waals surface area contributed by atoms with Gasteiger partial charge in [-0.25, -0.2) is 8.42 Å². The Morgan fingerprint density at radius 3 is 2.33 bits per heavy atom. The highest BCUT2D eigenvalue weighted by atomic mass is 35.5. The van der Waals surface area contributed by atoms with Gasteiger partial charge in [0.2, 0.25) is 0 Å². The molecule has 1 aliphatic heterocycles. The molecule has 0 saturated heterocycles. The van der Waals surface area contributed by atoms with E-state index in [0.29, 0.717) is 14.9 Å². The lowest BCUT2D eigenvalue weighted by Gasteiger charge is -2.13. The fourth-order valence-electron chi connectivity index (χ4n) is 2.66. The highest BCUT2D eigenvalue weighted by Gasteiger charge is 2.20. The van der Waals surface area contributed by atoms with Crippen molar-refractivity contribution in [3.63, 3.8) is 0 Å². The normalized spacial score (nSPS) is 14.8. The fourth-order valence-corrected chi connectivity index (χ4v) is 3.67. The lowest BCUT2D eigenvalue weighted by molar-refractivity contribution is 0.602. The molecule has 4 nitrogen and oxygen atoms in total. The SMILES string of the molecule is Cc1cc(Cl)c(Cl)cc1C1=NN(c2ccc(S(C)(=O)=O)cc2)CC1. The first-order valence-corrected chi connectivity index (χ1v) is 10.0. The van der Waals surface area contributed by atoms with E-state index in [1.807, 2.05) is 24.1 Å². The highest BCUT2D eigenvalue weighted by Crippen LogP contribution is 2.29. The van der Waals surface area contributed by atoms with Crippen molar-refractivity contribution in [2.75, 3.05) is 17.8 Å². The number of hydrogen-bond acceptors (Lipinski definition) is 4. The summed E-state index contributed by atoms with van der Waals surface area (Å²) in [5, 5.41) is 7.56. The molecule has 0 unspecified atom stereocenters. The summed E-state index contributed by atoms with van der Waals surface area (Å²) in [6.45, 7) is 2.71. The minimum atomic E-state index is -3.19. The molecule has 0 spiro atoms. The quantitative estimate of drug-likeness (QED) is 0.793. The first-order chi connectivity index (χ1) is 11.3. The van der Waals surface area contributed by atoms with Crippen molar-refractivity contribution in [2.45, 2.75) is 18.2 Å². The molecule has 1 aliphatic rings. The molecule has 0 amide bonds. The Morgan fingerprint density at radius 2 is 1.71 bits per heavy atom. The van der Waals surface area contributed by atoms with Gasteiger partial charge < -0.3 is 0 Å². The number of rotatable bonds is 3. The Hall–Kier alpha value is -1.56. The van der Waals surface area contributed by atoms with Crippen molar-refractivity contribution in [1.29, 1.82) is 0 Å². The predicted molar refractivity (Wildman–Crippen MR) is 99.3 cm³/mol. The molecule has 0 aliphatic carbocycles. The van der Waals surface area contributed by atoms with E-state index >= 15 is 0 Å². The van der Waals surface area contributed by atoms with E-state index in [0.717, 1.165) is 35.5 Å². The maximum atomic E-state index is 11.5. The molecular weight excluding hydrogens is 367 g/mol. The second-order valence-electron chi connectivity index (χ2n) is 5.77. The second-order valence-corrected chi connectivity index (χ2v) is 8.60. The molecule has 126 valence electrons. The molecule has 24 heavy (non-hydrogen) atoms. The molecular formula is C17H16Cl2N2O2S. The smallest absolute Gasteiger partial charge is 0.175 e. The van der Waals surface area contributed by atoms with Crippen LogP contribution in [0.25, 0.3) is 0 Å². The number of sulfone groups is 1. The predicted octanol–water partition coefficient (Wildman–Crippen LogP) is 4.32. The molecule has 2 aromatic carbocycles. The lowest BCUT2D eigenvalue weighted by atomic mass is 10.0. The lowest BCUT2D eigenvalue weighted by Crippen LogP contribution is -2.11. The van der Waals surface area contributed by atoms with Crippen LogP contribution in [0, 0.1) is 6.92 Å². The highest BCUT2D eigenvalue weighted by molar-refractivity contribution is 7.90. The van der Waals surface area contributed by atoms with Gasteiger partial charge in [-0.05, 0) is 48.9 Å². The van der Waals surface area contributed by atoms with Gasteiger partial charge in [-0.1, -0.05) is 23.2 Å². The van der Waals surface area contributed by atoms with Gasteiger partial charge in [0, 0.05) is 24.8 Å². The Bertz CT molecular complexity index is 922. The van der Waals surface area contributed by atoms with Crippen LogP contribution in [0.1, 0.15) is 17.5 Å². The third-order valence-corrected chi connectivity index (χ3v) is 5.79. The van der Waals surface area contributed by atoms with E-state index in [2.05, 4.69) is 5.10 Å². The van der Waals surface area contributed by atoms with Crippen molar-refractivity contribution in [3.05, 3.63) is 57.6 Å². The Morgan fingerprint density at radius 1 is 1.08 bits per heavy atom. The summed E-state index contributed by atoms with van der Waals surface area (Å²) in [6.07, 6.45) is 1.98. The topological polar surface area (TPSA) is 49.7 Å². The summed E-state index contributed by atoms with van der Waals surface area (Å²) in [6, 6.07) is 10.4. The first kappa shape index (κ1) is 17.3. The largest absolute Gasteiger partial charge is 0.265 e. The van der Waals surface area contributed by atoms with Gasteiger partial charge in [-0.2, -0.15) is 5.10 Å². The maximum Gasteiger partial charge on any atom is 0.175 e. The Kier molecular flexibility index (Phi) is 4.60. The van der Waals surface area contributed by atoms with Gasteiger partial charge in [-0.3, -0.25) is 5.01 Å². The number of aryl methyl sites for hydroxylation is 1. The summed E-state index contributed by atoms with van der Waals surface area (Å²) >= 11 is 12.2. The zero-order valence-electron chi connectivity index (χ0n) is 13.3. The summed E-state index contributed by atoms with van der Waals surface area (Å²) in [4.78, 5) is 0.301. The number of hydrazone groups is 1. The average molecular weight is 383 g/mol. The maximum absolute atomic E-state index is 11.5. The molecule has 0 radical (unpaired) electrons. The van der Waals surface area contributed by atoms with Crippen molar-refractivity contribution in [3.8, 4) is 0 Å². The van der Waals surface area contributed by atoms with E-state index in [4.69, 9.17) is 23.2 Å². The summed E-state index contributed by atoms with van der Waals surface area (Å²) in [5.41, 5.74) is 3.81. The Labute approximate surface area is 151 Å². The molecule has 0 saturated carbocycles. The summed E-state index contributed by atoms with van der Waals surface area (Å²) in [5.74, 6) is 0. The van der Waals surface area contributed by atoms with E-state index < -0.39 is 9.84 Å². The average Bonchev–Trinajstić information content (AvgIpc) is 3.00. The second kappa shape index (κ2) is 6.39. The number of nitrogens with zero attached hydrogens (tertiary/aromatic N) is 2. The molecule has 7 heteroatoms. The zero-order chi connectivity index (χ0) is 17.5. The van der Waals surface area contributed by atoms with Gasteiger partial charge in [0.05, 0.1) is 26.3 Å². The fraction of sp³-hybridized carbons (Fsp3) is 0.235. The van der Waals surface area contributed by atoms with Crippen LogP contribution in [0.15, 0.2) is 46.4 Å². The standard InChI is InChI=1S/C17H16Cl2N2O2S/c1-11-9-15(18)16(19)10-14(11)17-7-8-21(20-17)12-3-5-13(6-4-12)24(2,22)23/h3-6,9-10H,7-8H2,1-2H3. The summed E-state index contributed by atoms with van der Waals surface area (Å²) < 4.78 is 23.1. The van der Waals surface area contributed by atoms with Crippen LogP contribution in [0.2, 0.25) is 10.0 Å². The number of anilines is 1. The number of halogens is 2. The van der Waals surface area contributed by atoms with Gasteiger partial charge >= 0.3 is 0 Å². The zero-order valence-corrected chi connectivity index (χ0v) is 15.6. The van der Waals surface area contributed by atoms with E-state index in [9.17, 15) is 8.42 Å². The molecule has 1 heterocycles. The first-order valence-electron chi connectivity index (χ1n) is 7.37. The van der Waals surface area contributed by atoms with Crippen LogP contribution in [0.4, 0.5) is 5.69 Å². The molecule has 0 atom stereocenters. The van der Waals surface area contributed by atoms with E-state index in [-0.39, 0.29) is 0 Å². The van der Waals surface area contributed by atoms with Gasteiger partial charge in [0.25, 0.3) is 0 Å². The van der Waals surface area contributed by atoms with Crippen LogP contribution in [-0.2, 0) is 9.84 Å². The molecule has 0 N–H and O–H groups in total. The third-order valence-electron chi connectivity index (χ3n) is 3.94. The van der Waals surface area contributed by atoms with Crippen molar-refractivity contribution in [2.24, 2.45) is 5.10 Å². The van der Waals surface area contributed by atoms with Gasteiger partial charge in [-0.15, -0.1) is 0 Å². The third kappa shape index (κ3) is 3.43. The van der Waals surface area contributed by atoms with Crippen LogP contribution in [0.3, 0.4) is 0 Å². The molecule has 0 bridgehead atoms. The van der Waals surface area contributed by atoms with Crippen molar-refractivity contribution >= 4 is 44.4 Å². The van der Waals surface area contributed by atoms with Gasteiger partial charge in [0.1, 0.15) is 0 Å². The van der Waals surface area contributed by atoms with Crippen LogP contribution >= 0.6 is 23.2 Å². The van der Waals surface area contributed by atoms with Gasteiger partial charge in [0.15, 0.2) is 9.84 Å². The number of benzene rings is 2. The van der Waals surface area contributed by atoms with Crippen LogP contribution in [0.5, 0.6) is 0 Å². The molecule has 3 rings (SSSR count). The minimum absolute atomic E-state index is 0.301. The molecule has 2 aromatic rings. The Balaban J connectivity index is 1.90. The summed E-state index contributed by atoms with van der Waals surface area (Å²) in [7, 11) is -3.19. The molecule has 0 fully saturated rings. The van der Waals surface area contributed by atoms with Crippen LogP contribution in [-0.4, -0.2) is 26.9 Å². The minimum Gasteiger partial charge on any atom is -0.265 e. The van der Waals surface area contributed by atoms with Crippen molar-refractivity contribution in [1.82, 2.24) is 0 Å². The van der Waals surface area contributed by atoms with E-state index in [1.54, 1.807) is 24.3 Å². The van der Waals surface area contributed by atoms with Crippen LogP contribution < -0.4 is 5.01 Å². The van der Waals surface area contributed by atoms with E-state index in [1.165, 1.54) is 6.26 Å². The van der Waals surface area contributed by atoms with Crippen molar-refractivity contribution < 1.29 is 8.42 Å².